The average molecular weight is 801 g/mol. The first-order valence-corrected chi connectivity index (χ1v) is 15.5. The number of aromatic nitrogens is 4. The number of ether oxygens (including phenoxy) is 1. The number of hydrogen-bond acceptors (Lipinski definition) is 3. The molecule has 0 spiro atoms. The molecule has 9 rings (SSSR count). The normalized spacial score (nSPS) is 11.8. The Kier molecular flexibility index (Phi) is 7.55. The minimum atomic E-state index is -0.285. The molecule has 6 nitrogen and oxygen atoms in total. The summed E-state index contributed by atoms with van der Waals surface area (Å²) in [7, 11) is 0. The smallest absolute Gasteiger partial charge is 0.507 e. The Hall–Kier alpha value is -5.65. The molecule has 0 amide bonds. The second-order valence-electron chi connectivity index (χ2n) is 11.5. The van der Waals surface area contributed by atoms with Crippen LogP contribution in [0.4, 0.5) is 0 Å². The zero-order valence-corrected chi connectivity index (χ0v) is 27.7. The molecule has 0 fully saturated rings. The van der Waals surface area contributed by atoms with Gasteiger partial charge in [-0.05, 0) is 53.6 Å². The molecular weight excluding hydrogens is 774 g/mol. The van der Waals surface area contributed by atoms with E-state index < -0.39 is 0 Å². The molecule has 230 valence electrons. The summed E-state index contributed by atoms with van der Waals surface area (Å²) in [5.74, 6) is 2.11. The Morgan fingerprint density at radius 2 is 1.42 bits per heavy atom. The van der Waals surface area contributed by atoms with Crippen LogP contribution in [0.15, 0.2) is 152 Å². The molecule has 48 heavy (non-hydrogen) atoms. The van der Waals surface area contributed by atoms with E-state index in [4.69, 9.17) is 9.72 Å². The molecule has 1 aliphatic rings. The summed E-state index contributed by atoms with van der Waals surface area (Å²) in [4.78, 5) is 5.25. The molecule has 6 aromatic carbocycles. The Bertz CT molecular complexity index is 2420. The predicted octanol–water partition coefficient (Wildman–Crippen LogP) is 5.69. The third-order valence-corrected chi connectivity index (χ3v) is 8.66. The van der Waals surface area contributed by atoms with Crippen molar-refractivity contribution in [3.05, 3.63) is 164 Å². The third kappa shape index (κ3) is 4.86. The van der Waals surface area contributed by atoms with E-state index in [0.29, 0.717) is 17.3 Å². The Morgan fingerprint density at radius 1 is 0.708 bits per heavy atom. The van der Waals surface area contributed by atoms with Gasteiger partial charge < -0.3 is 14.4 Å². The summed E-state index contributed by atoms with van der Waals surface area (Å²) in [6.07, 6.45) is 3.58. The molecule has 0 saturated heterocycles. The van der Waals surface area contributed by atoms with Crippen molar-refractivity contribution in [2.75, 3.05) is 0 Å². The zero-order chi connectivity index (χ0) is 31.3. The van der Waals surface area contributed by atoms with Gasteiger partial charge in [0.2, 0.25) is 5.88 Å². The van der Waals surface area contributed by atoms with Crippen LogP contribution in [0.2, 0.25) is 0 Å². The number of hydrogen-bond donors (Lipinski definition) is 1. The fraction of sp³-hybridized carbons (Fsp3) is 0. The summed E-state index contributed by atoms with van der Waals surface area (Å²) < 4.78 is 12.8. The SMILES string of the molecule is Oc1ccccc1-c1nc2c(n1-c1ccccc1)Oc1ccccc1B2c1[c-]c(-n2[c-][n+](-c3ccccc3)c3ccccc32)ccc1.[Pt+2]. The van der Waals surface area contributed by atoms with Gasteiger partial charge in [0.25, 0.3) is 13.0 Å². The zero-order valence-electron chi connectivity index (χ0n) is 25.5. The van der Waals surface area contributed by atoms with Gasteiger partial charge in [-0.15, -0.1) is 0 Å². The van der Waals surface area contributed by atoms with Crippen molar-refractivity contribution < 1.29 is 35.5 Å². The second-order valence-corrected chi connectivity index (χ2v) is 11.5. The number of fused-ring (bicyclic) bond motifs is 3. The van der Waals surface area contributed by atoms with Crippen LogP contribution in [-0.2, 0) is 21.1 Å². The number of benzene rings is 6. The summed E-state index contributed by atoms with van der Waals surface area (Å²) in [6, 6.07) is 53.9. The molecular formula is C40H26BN4O2Pt+. The fourth-order valence-corrected chi connectivity index (χ4v) is 6.53. The number of imidazole rings is 2. The van der Waals surface area contributed by atoms with E-state index in [1.165, 1.54) is 0 Å². The first kappa shape index (κ1) is 29.7. The molecule has 1 aliphatic heterocycles. The first-order chi connectivity index (χ1) is 23.2. The van der Waals surface area contributed by atoms with Crippen molar-refractivity contribution in [3.63, 3.8) is 0 Å². The van der Waals surface area contributed by atoms with E-state index in [2.05, 4.69) is 70.1 Å². The van der Waals surface area contributed by atoms with Crippen LogP contribution in [0.1, 0.15) is 0 Å². The summed E-state index contributed by atoms with van der Waals surface area (Å²) in [5.41, 5.74) is 8.15. The molecule has 0 radical (unpaired) electrons. The van der Waals surface area contributed by atoms with Crippen LogP contribution >= 0.6 is 0 Å². The molecule has 0 atom stereocenters. The van der Waals surface area contributed by atoms with Gasteiger partial charge in [0.15, 0.2) is 5.82 Å². The van der Waals surface area contributed by atoms with Crippen molar-refractivity contribution in [1.82, 2.24) is 14.1 Å². The summed E-state index contributed by atoms with van der Waals surface area (Å²) in [5, 5.41) is 11.0. The predicted molar refractivity (Wildman–Crippen MR) is 184 cm³/mol. The maximum Gasteiger partial charge on any atom is 2.00 e. The first-order valence-electron chi connectivity index (χ1n) is 15.5. The molecule has 8 aromatic rings. The monoisotopic (exact) mass is 800 g/mol. The third-order valence-electron chi connectivity index (χ3n) is 8.66. The Balaban J connectivity index is 0.00000336. The van der Waals surface area contributed by atoms with Crippen molar-refractivity contribution in [1.29, 1.82) is 0 Å². The molecule has 1 N–H and O–H groups in total. The topological polar surface area (TPSA) is 56.1 Å². The van der Waals surface area contributed by atoms with E-state index >= 15 is 0 Å². The second kappa shape index (κ2) is 12.2. The molecule has 8 heteroatoms. The van der Waals surface area contributed by atoms with E-state index in [1.807, 2.05) is 102 Å². The van der Waals surface area contributed by atoms with E-state index in [0.717, 1.165) is 50.4 Å². The van der Waals surface area contributed by atoms with Crippen LogP contribution in [-0.4, -0.2) is 25.9 Å². The minimum absolute atomic E-state index is 0. The average Bonchev–Trinajstić information content (AvgIpc) is 3.71. The standard InChI is InChI=1S/C40H26BN4O2.Pt/c46-36-24-11-7-20-32(36)39-42-38-40(45(39)30-17-5-2-6-18-30)47-37-25-12-8-21-33(37)41(38)28-14-13-19-31(26-28)44-27-43(29-15-3-1-4-16-29)34-22-9-10-23-35(34)44;/h1-25,46H;/q-1;+2. The molecule has 3 heterocycles. The van der Waals surface area contributed by atoms with E-state index in [1.54, 1.807) is 6.07 Å². The van der Waals surface area contributed by atoms with Crippen LogP contribution in [0.3, 0.4) is 0 Å². The van der Waals surface area contributed by atoms with Gasteiger partial charge in [0.05, 0.1) is 33.6 Å². The van der Waals surface area contributed by atoms with Gasteiger partial charge >= 0.3 is 21.1 Å². The molecule has 0 aliphatic carbocycles. The summed E-state index contributed by atoms with van der Waals surface area (Å²) >= 11 is 0. The number of rotatable bonds is 5. The van der Waals surface area contributed by atoms with Crippen LogP contribution in [0.5, 0.6) is 17.4 Å². The molecule has 0 bridgehead atoms. The Morgan fingerprint density at radius 3 is 2.25 bits per heavy atom. The van der Waals surface area contributed by atoms with Gasteiger partial charge in [0.1, 0.15) is 11.5 Å². The van der Waals surface area contributed by atoms with Crippen LogP contribution in [0.25, 0.3) is 39.5 Å². The maximum absolute atomic E-state index is 11.0. The van der Waals surface area contributed by atoms with Gasteiger partial charge in [-0.1, -0.05) is 91.0 Å². The number of nitrogens with zero attached hydrogens (tertiary/aromatic N) is 4. The molecule has 0 saturated carbocycles. The molecule has 2 aromatic heterocycles. The Labute approximate surface area is 292 Å². The fourth-order valence-electron chi connectivity index (χ4n) is 6.53. The van der Waals surface area contributed by atoms with E-state index in [-0.39, 0.29) is 33.5 Å². The largest absolute Gasteiger partial charge is 2.00 e. The van der Waals surface area contributed by atoms with Crippen molar-refractivity contribution in [2.45, 2.75) is 0 Å². The van der Waals surface area contributed by atoms with Crippen molar-refractivity contribution in [2.24, 2.45) is 0 Å². The number of phenols is 1. The number of aromatic hydroxyl groups is 1. The molecule has 0 unspecified atom stereocenters. The van der Waals surface area contributed by atoms with Gasteiger partial charge in [-0.25, -0.2) is 4.98 Å². The van der Waals surface area contributed by atoms with Crippen molar-refractivity contribution in [3.8, 4) is 45.8 Å². The van der Waals surface area contributed by atoms with Crippen LogP contribution in [0, 0.1) is 12.4 Å². The number of para-hydroxylation sites is 6. The summed E-state index contributed by atoms with van der Waals surface area (Å²) in [6.45, 7) is -0.285. The minimum Gasteiger partial charge on any atom is -0.507 e. The van der Waals surface area contributed by atoms with Crippen LogP contribution < -0.4 is 25.8 Å². The number of phenolic OH excluding ortho intramolecular Hbond substituents is 1. The van der Waals surface area contributed by atoms with Gasteiger partial charge in [-0.2, -0.15) is 29.7 Å². The van der Waals surface area contributed by atoms with Gasteiger partial charge in [0, 0.05) is 0 Å². The van der Waals surface area contributed by atoms with Gasteiger partial charge in [-0.3, -0.25) is 9.13 Å². The van der Waals surface area contributed by atoms with E-state index in [9.17, 15) is 5.11 Å². The quantitative estimate of drug-likeness (QED) is 0.139. The van der Waals surface area contributed by atoms with Crippen molar-refractivity contribution >= 4 is 34.3 Å². The maximum atomic E-state index is 11.0.